The zero-order valence-electron chi connectivity index (χ0n) is 14.0. The van der Waals surface area contributed by atoms with Gasteiger partial charge < -0.3 is 14.5 Å². The number of imide groups is 1. The van der Waals surface area contributed by atoms with E-state index < -0.39 is 34.4 Å². The SMILES string of the molecule is CS(=O)(=O)c1ccc(Cl)c(C(=O)OCC(=O)NC(=O)NCc2ccco2)c1. The summed E-state index contributed by atoms with van der Waals surface area (Å²) in [5.74, 6) is -1.39. The molecule has 0 bridgehead atoms. The smallest absolute Gasteiger partial charge is 0.340 e. The van der Waals surface area contributed by atoms with Crippen molar-refractivity contribution in [2.75, 3.05) is 12.9 Å². The number of furan rings is 1. The Kier molecular flexibility index (Phi) is 6.59. The van der Waals surface area contributed by atoms with Crippen LogP contribution in [0.25, 0.3) is 0 Å². The highest BCUT2D eigenvalue weighted by molar-refractivity contribution is 7.90. The van der Waals surface area contributed by atoms with Gasteiger partial charge in [0, 0.05) is 6.26 Å². The average Bonchev–Trinajstić information content (AvgIpc) is 3.11. The summed E-state index contributed by atoms with van der Waals surface area (Å²) in [6.45, 7) is -0.688. The summed E-state index contributed by atoms with van der Waals surface area (Å²) >= 11 is 5.86. The van der Waals surface area contributed by atoms with Crippen molar-refractivity contribution in [3.63, 3.8) is 0 Å². The Hall–Kier alpha value is -2.85. The second kappa shape index (κ2) is 8.69. The predicted molar refractivity (Wildman–Crippen MR) is 93.9 cm³/mol. The van der Waals surface area contributed by atoms with E-state index in [1.165, 1.54) is 18.4 Å². The zero-order chi connectivity index (χ0) is 20.0. The molecule has 2 aromatic rings. The van der Waals surface area contributed by atoms with Gasteiger partial charge in [-0.15, -0.1) is 0 Å². The van der Waals surface area contributed by atoms with E-state index in [0.717, 1.165) is 12.3 Å². The van der Waals surface area contributed by atoms with Gasteiger partial charge in [-0.3, -0.25) is 10.1 Å². The maximum Gasteiger partial charge on any atom is 0.340 e. The molecule has 0 aliphatic rings. The minimum absolute atomic E-state index is 0.0380. The highest BCUT2D eigenvalue weighted by atomic mass is 35.5. The Morgan fingerprint density at radius 3 is 2.59 bits per heavy atom. The van der Waals surface area contributed by atoms with E-state index in [1.54, 1.807) is 12.1 Å². The Bertz CT molecular complexity index is 955. The summed E-state index contributed by atoms with van der Waals surface area (Å²) in [5.41, 5.74) is -0.213. The van der Waals surface area contributed by atoms with E-state index >= 15 is 0 Å². The van der Waals surface area contributed by atoms with Crippen LogP contribution in [0.4, 0.5) is 4.79 Å². The van der Waals surface area contributed by atoms with Crippen LogP contribution in [-0.4, -0.2) is 39.2 Å². The van der Waals surface area contributed by atoms with Crippen molar-refractivity contribution in [2.24, 2.45) is 0 Å². The van der Waals surface area contributed by atoms with Crippen molar-refractivity contribution in [3.05, 3.63) is 52.9 Å². The topological polar surface area (TPSA) is 132 Å². The number of carbonyl (C=O) groups excluding carboxylic acids is 3. The lowest BCUT2D eigenvalue weighted by Gasteiger charge is -2.08. The maximum atomic E-state index is 12.0. The van der Waals surface area contributed by atoms with Crippen molar-refractivity contribution in [3.8, 4) is 0 Å². The number of amides is 3. The van der Waals surface area contributed by atoms with Crippen LogP contribution in [0.5, 0.6) is 0 Å². The van der Waals surface area contributed by atoms with Crippen molar-refractivity contribution in [2.45, 2.75) is 11.4 Å². The molecular weight excluding hydrogens is 400 g/mol. The molecule has 2 rings (SSSR count). The van der Waals surface area contributed by atoms with Gasteiger partial charge in [0.2, 0.25) is 0 Å². The van der Waals surface area contributed by atoms with Crippen LogP contribution in [-0.2, 0) is 25.9 Å². The largest absolute Gasteiger partial charge is 0.467 e. The van der Waals surface area contributed by atoms with E-state index in [4.69, 9.17) is 20.8 Å². The van der Waals surface area contributed by atoms with Crippen LogP contribution in [0.15, 0.2) is 45.9 Å². The van der Waals surface area contributed by atoms with Gasteiger partial charge in [0.25, 0.3) is 5.91 Å². The lowest BCUT2D eigenvalue weighted by Crippen LogP contribution is -2.41. The first-order valence-electron chi connectivity index (χ1n) is 7.43. The molecule has 1 heterocycles. The van der Waals surface area contributed by atoms with Crippen molar-refractivity contribution >= 4 is 39.3 Å². The third-order valence-corrected chi connectivity index (χ3v) is 4.62. The van der Waals surface area contributed by atoms with Gasteiger partial charge in [-0.05, 0) is 30.3 Å². The Morgan fingerprint density at radius 2 is 1.96 bits per heavy atom. The number of esters is 1. The number of hydrogen-bond donors (Lipinski definition) is 2. The number of hydrogen-bond acceptors (Lipinski definition) is 7. The van der Waals surface area contributed by atoms with Gasteiger partial charge >= 0.3 is 12.0 Å². The molecule has 0 spiro atoms. The third-order valence-electron chi connectivity index (χ3n) is 3.18. The molecular formula is C16H15ClN2O7S. The number of sulfone groups is 1. The van der Waals surface area contributed by atoms with Gasteiger partial charge in [0.15, 0.2) is 16.4 Å². The Morgan fingerprint density at radius 1 is 1.22 bits per heavy atom. The molecule has 0 unspecified atom stereocenters. The number of urea groups is 1. The monoisotopic (exact) mass is 414 g/mol. The van der Waals surface area contributed by atoms with E-state index in [-0.39, 0.29) is 22.0 Å². The molecule has 27 heavy (non-hydrogen) atoms. The zero-order valence-corrected chi connectivity index (χ0v) is 15.6. The molecule has 3 amide bonds. The van der Waals surface area contributed by atoms with Gasteiger partial charge in [-0.2, -0.15) is 0 Å². The van der Waals surface area contributed by atoms with Crippen LogP contribution >= 0.6 is 11.6 Å². The van der Waals surface area contributed by atoms with Crippen LogP contribution in [0.3, 0.4) is 0 Å². The average molecular weight is 415 g/mol. The molecule has 0 atom stereocenters. The van der Waals surface area contributed by atoms with E-state index in [2.05, 4.69) is 5.32 Å². The summed E-state index contributed by atoms with van der Waals surface area (Å²) in [4.78, 5) is 35.1. The highest BCUT2D eigenvalue weighted by Gasteiger charge is 2.18. The van der Waals surface area contributed by atoms with Gasteiger partial charge in [-0.1, -0.05) is 11.6 Å². The van der Waals surface area contributed by atoms with E-state index in [1.807, 2.05) is 5.32 Å². The van der Waals surface area contributed by atoms with Crippen molar-refractivity contribution in [1.29, 1.82) is 0 Å². The Labute approximate surface area is 159 Å². The normalized spacial score (nSPS) is 10.9. The lowest BCUT2D eigenvalue weighted by atomic mass is 10.2. The standard InChI is InChI=1S/C16H15ClN2O7S/c1-27(23,24)11-4-5-13(17)12(7-11)15(21)26-9-14(20)19-16(22)18-8-10-3-2-6-25-10/h2-7H,8-9H2,1H3,(H2,18,19,20,22). The van der Waals surface area contributed by atoms with Crippen LogP contribution in [0.2, 0.25) is 5.02 Å². The van der Waals surface area contributed by atoms with Crippen molar-refractivity contribution in [1.82, 2.24) is 10.6 Å². The summed E-state index contributed by atoms with van der Waals surface area (Å²) in [6.07, 6.45) is 2.41. The fourth-order valence-electron chi connectivity index (χ4n) is 1.89. The van der Waals surface area contributed by atoms with E-state index in [9.17, 15) is 22.8 Å². The van der Waals surface area contributed by atoms with Crippen molar-refractivity contribution < 1.29 is 32.0 Å². The molecule has 0 aliphatic heterocycles. The molecule has 0 radical (unpaired) electrons. The molecule has 1 aromatic carbocycles. The summed E-state index contributed by atoms with van der Waals surface area (Å²) in [7, 11) is -3.55. The maximum absolute atomic E-state index is 12.0. The molecule has 0 saturated carbocycles. The number of rotatable bonds is 6. The molecule has 144 valence electrons. The predicted octanol–water partition coefficient (Wildman–Crippen LogP) is 1.52. The first kappa shape index (κ1) is 20.5. The molecule has 2 N–H and O–H groups in total. The summed E-state index contributed by atoms with van der Waals surface area (Å²) in [5, 5.41) is 4.30. The second-order valence-corrected chi connectivity index (χ2v) is 7.72. The highest BCUT2D eigenvalue weighted by Crippen LogP contribution is 2.21. The van der Waals surface area contributed by atoms with E-state index in [0.29, 0.717) is 5.76 Å². The first-order valence-corrected chi connectivity index (χ1v) is 9.70. The number of carbonyl (C=O) groups is 3. The molecule has 1 aromatic heterocycles. The number of benzene rings is 1. The molecule has 9 nitrogen and oxygen atoms in total. The van der Waals surface area contributed by atoms with Gasteiger partial charge in [0.1, 0.15) is 5.76 Å². The fraction of sp³-hybridized carbons (Fsp3) is 0.188. The van der Waals surface area contributed by atoms with Crippen LogP contribution < -0.4 is 10.6 Å². The lowest BCUT2D eigenvalue weighted by molar-refractivity contribution is -0.123. The summed E-state index contributed by atoms with van der Waals surface area (Å²) in [6, 6.07) is 6.00. The molecule has 0 saturated heterocycles. The quantitative estimate of drug-likeness (QED) is 0.685. The third kappa shape index (κ3) is 6.12. The number of ether oxygens (including phenoxy) is 1. The first-order chi connectivity index (χ1) is 12.7. The molecule has 0 aliphatic carbocycles. The second-order valence-electron chi connectivity index (χ2n) is 5.30. The van der Waals surface area contributed by atoms with Crippen LogP contribution in [0, 0.1) is 0 Å². The minimum atomic E-state index is -3.55. The minimum Gasteiger partial charge on any atom is -0.467 e. The van der Waals surface area contributed by atoms with Gasteiger partial charge in [-0.25, -0.2) is 18.0 Å². The Balaban J connectivity index is 1.87. The number of nitrogens with one attached hydrogen (secondary N) is 2. The van der Waals surface area contributed by atoms with Gasteiger partial charge in [0.05, 0.1) is 28.3 Å². The number of halogens is 1. The van der Waals surface area contributed by atoms with Crippen LogP contribution in [0.1, 0.15) is 16.1 Å². The summed E-state index contributed by atoms with van der Waals surface area (Å²) < 4.78 is 32.9. The molecule has 0 fully saturated rings. The molecule has 11 heteroatoms. The fourth-order valence-corrected chi connectivity index (χ4v) is 2.73.